The third kappa shape index (κ3) is 3.08. The number of amides is 1. The number of carbonyl (C=O) groups excluding carboxylic acids is 1. The van der Waals surface area contributed by atoms with Crippen molar-refractivity contribution < 1.29 is 4.79 Å². The number of rotatable bonds is 3. The SMILES string of the molecule is Cc1ccsc1C1Nc2ccc(C(=O)N(C)c3ccccc3)cc2C2C=CCC21. The van der Waals surface area contributed by atoms with Gasteiger partial charge in [0.2, 0.25) is 0 Å². The minimum Gasteiger partial charge on any atom is -0.377 e. The first-order chi connectivity index (χ1) is 14.1. The van der Waals surface area contributed by atoms with E-state index in [1.807, 2.05) is 54.8 Å². The van der Waals surface area contributed by atoms with Crippen LogP contribution in [0.2, 0.25) is 0 Å². The van der Waals surface area contributed by atoms with Crippen molar-refractivity contribution in [1.82, 2.24) is 0 Å². The number of fused-ring (bicyclic) bond motifs is 3. The highest BCUT2D eigenvalue weighted by Gasteiger charge is 2.39. The zero-order chi connectivity index (χ0) is 20.0. The van der Waals surface area contributed by atoms with E-state index in [4.69, 9.17) is 0 Å². The summed E-state index contributed by atoms with van der Waals surface area (Å²) < 4.78 is 0. The van der Waals surface area contributed by atoms with Crippen LogP contribution in [0.15, 0.2) is 72.1 Å². The molecular weight excluding hydrogens is 376 g/mol. The molecule has 2 aliphatic rings. The molecule has 3 atom stereocenters. The van der Waals surface area contributed by atoms with E-state index in [0.29, 0.717) is 17.9 Å². The molecule has 3 unspecified atom stereocenters. The molecule has 1 aliphatic carbocycles. The van der Waals surface area contributed by atoms with Crippen LogP contribution < -0.4 is 10.2 Å². The van der Waals surface area contributed by atoms with E-state index in [0.717, 1.165) is 23.4 Å². The topological polar surface area (TPSA) is 32.3 Å². The number of carbonyl (C=O) groups is 1. The Balaban J connectivity index is 1.49. The first kappa shape index (κ1) is 18.2. The van der Waals surface area contributed by atoms with Gasteiger partial charge in [0.1, 0.15) is 0 Å². The van der Waals surface area contributed by atoms with Crippen molar-refractivity contribution >= 4 is 28.6 Å². The zero-order valence-electron chi connectivity index (χ0n) is 16.6. The zero-order valence-corrected chi connectivity index (χ0v) is 17.4. The minimum atomic E-state index is 0.0220. The Bertz CT molecular complexity index is 1090. The predicted octanol–water partition coefficient (Wildman–Crippen LogP) is 6.16. The number of nitrogens with one attached hydrogen (secondary N) is 1. The molecule has 1 aliphatic heterocycles. The maximum Gasteiger partial charge on any atom is 0.258 e. The number of thiophene rings is 1. The number of hydrogen-bond acceptors (Lipinski definition) is 3. The van der Waals surface area contributed by atoms with Crippen LogP contribution in [0.1, 0.15) is 44.7 Å². The van der Waals surface area contributed by atoms with Gasteiger partial charge in [-0.15, -0.1) is 11.3 Å². The molecule has 3 nitrogen and oxygen atoms in total. The quantitative estimate of drug-likeness (QED) is 0.534. The second kappa shape index (κ2) is 7.20. The fraction of sp³-hybridized carbons (Fsp3) is 0.240. The van der Waals surface area contributed by atoms with Gasteiger partial charge in [-0.05, 0) is 72.2 Å². The van der Waals surface area contributed by atoms with E-state index >= 15 is 0 Å². The number of nitrogens with zero attached hydrogens (tertiary/aromatic N) is 1. The highest BCUT2D eigenvalue weighted by atomic mass is 32.1. The summed E-state index contributed by atoms with van der Waals surface area (Å²) in [6, 6.07) is 18.5. The lowest BCUT2D eigenvalue weighted by Crippen LogP contribution is -2.30. The molecule has 4 heteroatoms. The molecule has 146 valence electrons. The summed E-state index contributed by atoms with van der Waals surface area (Å²) >= 11 is 1.84. The Hall–Kier alpha value is -2.85. The molecule has 0 saturated carbocycles. The number of para-hydroxylation sites is 1. The average Bonchev–Trinajstić information content (AvgIpc) is 3.42. The lowest BCUT2D eigenvalue weighted by molar-refractivity contribution is 0.0993. The van der Waals surface area contributed by atoms with Gasteiger partial charge in [-0.25, -0.2) is 0 Å². The molecule has 0 saturated heterocycles. The second-order valence-electron chi connectivity index (χ2n) is 7.95. The fourth-order valence-corrected chi connectivity index (χ4v) is 5.71. The molecule has 0 spiro atoms. The number of allylic oxidation sites excluding steroid dienone is 2. The Morgan fingerprint density at radius 3 is 2.72 bits per heavy atom. The van der Waals surface area contributed by atoms with Gasteiger partial charge in [0.05, 0.1) is 6.04 Å². The highest BCUT2D eigenvalue weighted by Crippen LogP contribution is 2.51. The van der Waals surface area contributed by atoms with Gasteiger partial charge in [-0.1, -0.05) is 30.4 Å². The van der Waals surface area contributed by atoms with E-state index in [2.05, 4.69) is 48.0 Å². The van der Waals surface area contributed by atoms with Crippen LogP contribution in [0.25, 0.3) is 0 Å². The molecule has 0 bridgehead atoms. The molecule has 1 amide bonds. The second-order valence-corrected chi connectivity index (χ2v) is 8.89. The Morgan fingerprint density at radius 1 is 1.14 bits per heavy atom. The summed E-state index contributed by atoms with van der Waals surface area (Å²) in [7, 11) is 1.84. The van der Waals surface area contributed by atoms with Gasteiger partial charge < -0.3 is 10.2 Å². The van der Waals surface area contributed by atoms with Crippen LogP contribution in [0.4, 0.5) is 11.4 Å². The van der Waals surface area contributed by atoms with Crippen molar-refractivity contribution in [3.63, 3.8) is 0 Å². The van der Waals surface area contributed by atoms with E-state index in [-0.39, 0.29) is 5.91 Å². The molecule has 2 heterocycles. The van der Waals surface area contributed by atoms with Crippen LogP contribution in [-0.2, 0) is 0 Å². The first-order valence-electron chi connectivity index (χ1n) is 10.1. The maximum atomic E-state index is 13.1. The smallest absolute Gasteiger partial charge is 0.258 e. The van der Waals surface area contributed by atoms with Crippen LogP contribution in [-0.4, -0.2) is 13.0 Å². The molecule has 1 aromatic heterocycles. The fourth-order valence-electron chi connectivity index (χ4n) is 4.65. The number of aryl methyl sites for hydroxylation is 1. The van der Waals surface area contributed by atoms with Crippen molar-refractivity contribution in [1.29, 1.82) is 0 Å². The van der Waals surface area contributed by atoms with Crippen molar-refractivity contribution in [3.05, 3.63) is 93.7 Å². The Kier molecular flexibility index (Phi) is 4.51. The van der Waals surface area contributed by atoms with Gasteiger partial charge in [0, 0.05) is 34.8 Å². The van der Waals surface area contributed by atoms with E-state index in [1.54, 1.807) is 4.90 Å². The maximum absolute atomic E-state index is 13.1. The largest absolute Gasteiger partial charge is 0.377 e. The summed E-state index contributed by atoms with van der Waals surface area (Å²) in [5, 5.41) is 5.97. The van der Waals surface area contributed by atoms with Crippen molar-refractivity contribution in [2.24, 2.45) is 5.92 Å². The molecule has 3 aromatic rings. The molecule has 29 heavy (non-hydrogen) atoms. The summed E-state index contributed by atoms with van der Waals surface area (Å²) in [4.78, 5) is 16.3. The van der Waals surface area contributed by atoms with Gasteiger partial charge in [-0.3, -0.25) is 4.79 Å². The average molecular weight is 401 g/mol. The third-order valence-corrected chi connectivity index (χ3v) is 7.34. The summed E-state index contributed by atoms with van der Waals surface area (Å²) in [5.74, 6) is 0.873. The minimum absolute atomic E-state index is 0.0220. The number of benzene rings is 2. The van der Waals surface area contributed by atoms with Crippen molar-refractivity contribution in [3.8, 4) is 0 Å². The van der Waals surface area contributed by atoms with E-state index in [9.17, 15) is 4.79 Å². The molecule has 0 radical (unpaired) electrons. The van der Waals surface area contributed by atoms with Crippen LogP contribution in [0.5, 0.6) is 0 Å². The molecule has 1 N–H and O–H groups in total. The van der Waals surface area contributed by atoms with Crippen LogP contribution in [0.3, 0.4) is 0 Å². The summed E-state index contributed by atoms with van der Waals surface area (Å²) in [6.07, 6.45) is 5.70. The first-order valence-corrected chi connectivity index (χ1v) is 11.0. The summed E-state index contributed by atoms with van der Waals surface area (Å²) in [5.41, 5.74) is 5.39. The Morgan fingerprint density at radius 2 is 1.97 bits per heavy atom. The highest BCUT2D eigenvalue weighted by molar-refractivity contribution is 7.10. The standard InChI is InChI=1S/C25H24N2OS/c1-16-13-14-29-24(16)23-20-10-6-9-19(20)21-15-17(11-12-22(21)26-23)25(28)27(2)18-7-4-3-5-8-18/h3-9,11-15,19-20,23,26H,10H2,1-2H3. The predicted molar refractivity (Wildman–Crippen MR) is 121 cm³/mol. The monoisotopic (exact) mass is 400 g/mol. The lowest BCUT2D eigenvalue weighted by Gasteiger charge is -2.37. The Labute approximate surface area is 175 Å². The molecular formula is C25H24N2OS. The summed E-state index contributed by atoms with van der Waals surface area (Å²) in [6.45, 7) is 2.20. The van der Waals surface area contributed by atoms with Gasteiger partial charge in [-0.2, -0.15) is 0 Å². The molecule has 0 fully saturated rings. The lowest BCUT2D eigenvalue weighted by atomic mass is 9.78. The normalized spacial score (nSPS) is 21.9. The third-order valence-electron chi connectivity index (χ3n) is 6.24. The molecule has 5 rings (SSSR count). The van der Waals surface area contributed by atoms with Crippen LogP contribution in [0, 0.1) is 12.8 Å². The number of hydrogen-bond donors (Lipinski definition) is 1. The number of anilines is 2. The van der Waals surface area contributed by atoms with Crippen LogP contribution >= 0.6 is 11.3 Å². The van der Waals surface area contributed by atoms with E-state index < -0.39 is 0 Å². The molecule has 2 aromatic carbocycles. The van der Waals surface area contributed by atoms with Crippen molar-refractivity contribution in [2.75, 3.05) is 17.3 Å². The van der Waals surface area contributed by atoms with Gasteiger partial charge in [0.25, 0.3) is 5.91 Å². The van der Waals surface area contributed by atoms with Gasteiger partial charge >= 0.3 is 0 Å². The van der Waals surface area contributed by atoms with Crippen molar-refractivity contribution in [2.45, 2.75) is 25.3 Å². The van der Waals surface area contributed by atoms with E-state index in [1.165, 1.54) is 16.0 Å². The van der Waals surface area contributed by atoms with Gasteiger partial charge in [0.15, 0.2) is 0 Å².